The number of anilines is 1. The molecule has 0 unspecified atom stereocenters. The summed E-state index contributed by atoms with van der Waals surface area (Å²) in [4.78, 5) is 31.9. The van der Waals surface area contributed by atoms with Gasteiger partial charge in [-0.3, -0.25) is 14.9 Å². The highest BCUT2D eigenvalue weighted by Crippen LogP contribution is 2.33. The van der Waals surface area contributed by atoms with E-state index in [4.69, 9.17) is 4.98 Å². The Labute approximate surface area is 212 Å². The Morgan fingerprint density at radius 2 is 1.89 bits per heavy atom. The second kappa shape index (κ2) is 9.81. The van der Waals surface area contributed by atoms with Gasteiger partial charge in [-0.05, 0) is 73.7 Å². The third-order valence-electron chi connectivity index (χ3n) is 6.47. The van der Waals surface area contributed by atoms with Crippen LogP contribution in [0.25, 0.3) is 33.2 Å². The number of hydrogen-bond acceptors (Lipinski definition) is 4. The first kappa shape index (κ1) is 24.1. The van der Waals surface area contributed by atoms with Gasteiger partial charge in [-0.25, -0.2) is 9.37 Å². The lowest BCUT2D eigenvalue weighted by Crippen LogP contribution is -2.14. The van der Waals surface area contributed by atoms with E-state index in [0.29, 0.717) is 18.4 Å². The molecule has 0 aliphatic carbocycles. The van der Waals surface area contributed by atoms with E-state index in [1.165, 1.54) is 18.2 Å². The molecule has 3 aromatic carbocycles. The van der Waals surface area contributed by atoms with Crippen molar-refractivity contribution in [3.05, 3.63) is 99.4 Å². The molecule has 0 saturated carbocycles. The van der Waals surface area contributed by atoms with Crippen LogP contribution < -0.4 is 5.32 Å². The SMILES string of the molecule is Cc1cc(C)c(NC(=O)CCCc2c(-c3ccc4ccccc4n3)[nH]c3ccc(F)cc23)c([N+](=O)[O-])c1. The first-order valence-corrected chi connectivity index (χ1v) is 12.0. The minimum absolute atomic E-state index is 0.123. The van der Waals surface area contributed by atoms with E-state index in [2.05, 4.69) is 10.3 Å². The Balaban J connectivity index is 1.40. The van der Waals surface area contributed by atoms with Crippen LogP contribution in [0.2, 0.25) is 0 Å². The molecule has 2 aromatic heterocycles. The maximum absolute atomic E-state index is 14.1. The zero-order valence-electron chi connectivity index (χ0n) is 20.5. The second-order valence-corrected chi connectivity index (χ2v) is 9.19. The summed E-state index contributed by atoms with van der Waals surface area (Å²) in [6.07, 6.45) is 1.11. The van der Waals surface area contributed by atoms with Crippen LogP contribution in [0, 0.1) is 29.8 Å². The number of nitro groups is 1. The molecule has 0 bridgehead atoms. The van der Waals surface area contributed by atoms with E-state index in [-0.39, 0.29) is 29.5 Å². The largest absolute Gasteiger partial charge is 0.353 e. The Hall–Kier alpha value is -4.59. The Bertz CT molecular complexity index is 1680. The van der Waals surface area contributed by atoms with Crippen molar-refractivity contribution in [3.8, 4) is 11.4 Å². The molecule has 37 heavy (non-hydrogen) atoms. The molecule has 0 saturated heterocycles. The van der Waals surface area contributed by atoms with Crippen LogP contribution in [0.15, 0.2) is 66.7 Å². The van der Waals surface area contributed by atoms with Crippen molar-refractivity contribution in [2.75, 3.05) is 5.32 Å². The molecule has 7 nitrogen and oxygen atoms in total. The average Bonchev–Trinajstić information content (AvgIpc) is 3.22. The number of para-hydroxylation sites is 1. The normalized spacial score (nSPS) is 11.2. The molecule has 0 aliphatic heterocycles. The number of nitro benzene ring substituents is 1. The molecule has 0 fully saturated rings. The fourth-order valence-electron chi connectivity index (χ4n) is 4.78. The van der Waals surface area contributed by atoms with Crippen molar-refractivity contribution in [1.82, 2.24) is 9.97 Å². The second-order valence-electron chi connectivity index (χ2n) is 9.19. The number of hydrogen-bond donors (Lipinski definition) is 2. The summed E-state index contributed by atoms with van der Waals surface area (Å²) in [5.41, 5.74) is 5.53. The summed E-state index contributed by atoms with van der Waals surface area (Å²) in [6, 6.07) is 19.6. The Morgan fingerprint density at radius 1 is 1.08 bits per heavy atom. The zero-order valence-corrected chi connectivity index (χ0v) is 20.5. The highest BCUT2D eigenvalue weighted by atomic mass is 19.1. The number of carbonyl (C=O) groups is 1. The maximum atomic E-state index is 14.1. The summed E-state index contributed by atoms with van der Waals surface area (Å²) < 4.78 is 14.1. The van der Waals surface area contributed by atoms with Crippen molar-refractivity contribution < 1.29 is 14.1 Å². The molecule has 0 aliphatic rings. The number of fused-ring (bicyclic) bond motifs is 2. The predicted molar refractivity (Wildman–Crippen MR) is 143 cm³/mol. The number of aromatic amines is 1. The number of benzene rings is 3. The number of nitrogens with zero attached hydrogens (tertiary/aromatic N) is 2. The van der Waals surface area contributed by atoms with E-state index < -0.39 is 4.92 Å². The maximum Gasteiger partial charge on any atom is 0.293 e. The van der Waals surface area contributed by atoms with Gasteiger partial charge < -0.3 is 10.3 Å². The van der Waals surface area contributed by atoms with Crippen molar-refractivity contribution in [2.24, 2.45) is 0 Å². The number of halogens is 1. The molecule has 2 heterocycles. The number of pyridine rings is 1. The quantitative estimate of drug-likeness (QED) is 0.187. The third kappa shape index (κ3) is 4.91. The van der Waals surface area contributed by atoms with Gasteiger partial charge in [0.05, 0.1) is 21.8 Å². The minimum atomic E-state index is -0.487. The fourth-order valence-corrected chi connectivity index (χ4v) is 4.78. The fraction of sp³-hybridized carbons (Fsp3) is 0.172. The van der Waals surface area contributed by atoms with Crippen LogP contribution in [-0.2, 0) is 11.2 Å². The molecule has 1 amide bonds. The van der Waals surface area contributed by atoms with Gasteiger partial charge in [-0.2, -0.15) is 0 Å². The van der Waals surface area contributed by atoms with Gasteiger partial charge >= 0.3 is 0 Å². The number of H-pyrrole nitrogens is 1. The lowest BCUT2D eigenvalue weighted by Gasteiger charge is -2.10. The van der Waals surface area contributed by atoms with Crippen molar-refractivity contribution in [2.45, 2.75) is 33.1 Å². The molecule has 5 aromatic rings. The molecule has 186 valence electrons. The number of carbonyl (C=O) groups excluding carboxylic acids is 1. The van der Waals surface area contributed by atoms with Gasteiger partial charge in [-0.15, -0.1) is 0 Å². The minimum Gasteiger partial charge on any atom is -0.353 e. The van der Waals surface area contributed by atoms with E-state index in [1.54, 1.807) is 26.0 Å². The van der Waals surface area contributed by atoms with E-state index in [9.17, 15) is 19.3 Å². The number of amides is 1. The molecular weight excluding hydrogens is 471 g/mol. The summed E-state index contributed by atoms with van der Waals surface area (Å²) in [5.74, 6) is -0.655. The first-order valence-electron chi connectivity index (χ1n) is 12.0. The Kier molecular flexibility index (Phi) is 6.40. The summed E-state index contributed by atoms with van der Waals surface area (Å²) in [7, 11) is 0. The standard InChI is InChI=1S/C29H25FN4O3/c1-17-14-18(2)28(26(15-17)34(36)37)33-27(35)9-5-7-21-22-16-20(30)11-13-24(22)32-29(21)25-12-10-19-6-3-4-8-23(19)31-25/h3-4,6,8,10-16,32H,5,7,9H2,1-2H3,(H,33,35). The summed E-state index contributed by atoms with van der Waals surface area (Å²) >= 11 is 0. The number of aryl methyl sites for hydroxylation is 3. The zero-order chi connectivity index (χ0) is 26.1. The number of rotatable bonds is 7. The molecule has 0 radical (unpaired) electrons. The molecule has 8 heteroatoms. The van der Waals surface area contributed by atoms with E-state index in [1.807, 2.05) is 36.4 Å². The van der Waals surface area contributed by atoms with E-state index in [0.717, 1.165) is 44.3 Å². The van der Waals surface area contributed by atoms with Crippen LogP contribution in [0.1, 0.15) is 29.5 Å². The van der Waals surface area contributed by atoms with Crippen LogP contribution >= 0.6 is 0 Å². The highest BCUT2D eigenvalue weighted by molar-refractivity contribution is 5.95. The predicted octanol–water partition coefficient (Wildman–Crippen LogP) is 7.01. The summed E-state index contributed by atoms with van der Waals surface area (Å²) in [5, 5.41) is 16.0. The number of nitrogens with one attached hydrogen (secondary N) is 2. The van der Waals surface area contributed by atoms with Gasteiger partial charge in [0.2, 0.25) is 5.91 Å². The van der Waals surface area contributed by atoms with E-state index >= 15 is 0 Å². The molecule has 5 rings (SSSR count). The van der Waals surface area contributed by atoms with Gasteiger partial charge in [-0.1, -0.05) is 30.3 Å². The lowest BCUT2D eigenvalue weighted by molar-refractivity contribution is -0.384. The van der Waals surface area contributed by atoms with Crippen LogP contribution in [0.5, 0.6) is 0 Å². The van der Waals surface area contributed by atoms with Crippen LogP contribution in [0.4, 0.5) is 15.8 Å². The van der Waals surface area contributed by atoms with Gasteiger partial charge in [0.1, 0.15) is 11.5 Å². The lowest BCUT2D eigenvalue weighted by atomic mass is 10.0. The van der Waals surface area contributed by atoms with Crippen molar-refractivity contribution >= 4 is 39.1 Å². The van der Waals surface area contributed by atoms with Crippen LogP contribution in [-0.4, -0.2) is 20.8 Å². The van der Waals surface area contributed by atoms with Gasteiger partial charge in [0.15, 0.2) is 0 Å². The van der Waals surface area contributed by atoms with Crippen molar-refractivity contribution in [3.63, 3.8) is 0 Å². The first-order chi connectivity index (χ1) is 17.8. The monoisotopic (exact) mass is 496 g/mol. The third-order valence-corrected chi connectivity index (χ3v) is 6.47. The van der Waals surface area contributed by atoms with Gasteiger partial charge in [0, 0.05) is 28.8 Å². The Morgan fingerprint density at radius 3 is 2.70 bits per heavy atom. The molecule has 2 N–H and O–H groups in total. The topological polar surface area (TPSA) is 101 Å². The average molecular weight is 497 g/mol. The number of aromatic nitrogens is 2. The smallest absolute Gasteiger partial charge is 0.293 e. The molecule has 0 spiro atoms. The van der Waals surface area contributed by atoms with Gasteiger partial charge in [0.25, 0.3) is 5.69 Å². The van der Waals surface area contributed by atoms with Crippen molar-refractivity contribution in [1.29, 1.82) is 0 Å². The molecular formula is C29H25FN4O3. The highest BCUT2D eigenvalue weighted by Gasteiger charge is 2.20. The van der Waals surface area contributed by atoms with Crippen LogP contribution in [0.3, 0.4) is 0 Å². The molecule has 0 atom stereocenters. The summed E-state index contributed by atoms with van der Waals surface area (Å²) in [6.45, 7) is 3.51.